The molecule has 1 aromatic heterocycles. The molecule has 186 valence electrons. The third kappa shape index (κ3) is 6.08. The van der Waals surface area contributed by atoms with Crippen LogP contribution >= 0.6 is 0 Å². The van der Waals surface area contributed by atoms with E-state index in [0.29, 0.717) is 37.8 Å². The number of β-amino-alcohol motifs (C(OH)–C–C–N with tert-alkyl or cyclic N) is 1. The van der Waals surface area contributed by atoms with Gasteiger partial charge >= 0.3 is 0 Å². The second-order valence-corrected chi connectivity index (χ2v) is 9.50. The molecule has 9 heteroatoms. The molecule has 1 amide bonds. The zero-order valence-corrected chi connectivity index (χ0v) is 20.5. The van der Waals surface area contributed by atoms with Gasteiger partial charge in [0.05, 0.1) is 19.8 Å². The van der Waals surface area contributed by atoms with Gasteiger partial charge in [-0.3, -0.25) is 14.6 Å². The van der Waals surface area contributed by atoms with Gasteiger partial charge in [0.1, 0.15) is 12.0 Å². The third-order valence-corrected chi connectivity index (χ3v) is 6.79. The molecule has 0 spiro atoms. The molecule has 0 aliphatic carbocycles. The summed E-state index contributed by atoms with van der Waals surface area (Å²) < 4.78 is 11.0. The van der Waals surface area contributed by atoms with Crippen molar-refractivity contribution in [3.05, 3.63) is 42.1 Å². The van der Waals surface area contributed by atoms with Gasteiger partial charge in [0.15, 0.2) is 5.69 Å². The van der Waals surface area contributed by atoms with Crippen LogP contribution in [-0.4, -0.2) is 103 Å². The van der Waals surface area contributed by atoms with Gasteiger partial charge in [-0.15, -0.1) is 0 Å². The molecule has 1 aromatic carbocycles. The van der Waals surface area contributed by atoms with Crippen LogP contribution in [0.15, 0.2) is 34.9 Å². The fraction of sp³-hybridized carbons (Fsp3) is 0.600. The number of hydrogen-bond donors (Lipinski definition) is 1. The fourth-order valence-corrected chi connectivity index (χ4v) is 4.42. The molecule has 4 rings (SSSR count). The molecule has 2 aliphatic heterocycles. The number of aliphatic hydroxyl groups is 1. The lowest BCUT2D eigenvalue weighted by atomic mass is 10.1. The lowest BCUT2D eigenvalue weighted by molar-refractivity contribution is 0.0463. The van der Waals surface area contributed by atoms with E-state index in [1.165, 1.54) is 6.26 Å². The number of amides is 1. The van der Waals surface area contributed by atoms with Gasteiger partial charge in [-0.25, -0.2) is 4.98 Å². The Morgan fingerprint density at radius 3 is 2.47 bits per heavy atom. The Bertz CT molecular complexity index is 933. The van der Waals surface area contributed by atoms with Crippen molar-refractivity contribution in [3.63, 3.8) is 0 Å². The Hall–Kier alpha value is -2.62. The summed E-state index contributed by atoms with van der Waals surface area (Å²) in [7, 11) is 1.67. The van der Waals surface area contributed by atoms with E-state index in [1.54, 1.807) is 7.11 Å². The number of hydrogen-bond acceptors (Lipinski definition) is 8. The summed E-state index contributed by atoms with van der Waals surface area (Å²) in [5.74, 6) is 1.61. The number of carbonyl (C=O) groups is 1. The van der Waals surface area contributed by atoms with Crippen molar-refractivity contribution in [3.8, 4) is 5.75 Å². The van der Waals surface area contributed by atoms with Crippen molar-refractivity contribution >= 4 is 11.6 Å². The average Bonchev–Trinajstić information content (AvgIpc) is 3.33. The molecule has 1 unspecified atom stereocenters. The van der Waals surface area contributed by atoms with E-state index < -0.39 is 0 Å². The Kier molecular flexibility index (Phi) is 8.07. The van der Waals surface area contributed by atoms with Gasteiger partial charge in [-0.1, -0.05) is 19.9 Å². The Balaban J connectivity index is 1.24. The van der Waals surface area contributed by atoms with Crippen molar-refractivity contribution in [2.45, 2.75) is 26.5 Å². The van der Waals surface area contributed by atoms with Gasteiger partial charge in [-0.2, -0.15) is 0 Å². The fourth-order valence-electron chi connectivity index (χ4n) is 4.42. The first kappa shape index (κ1) is 24.5. The molecule has 2 aliphatic rings. The van der Waals surface area contributed by atoms with E-state index in [1.807, 2.05) is 36.9 Å². The van der Waals surface area contributed by atoms with Gasteiger partial charge in [0.2, 0.25) is 5.89 Å². The van der Waals surface area contributed by atoms with Crippen molar-refractivity contribution in [1.82, 2.24) is 19.7 Å². The monoisotopic (exact) mass is 471 g/mol. The second-order valence-electron chi connectivity index (χ2n) is 9.50. The highest BCUT2D eigenvalue weighted by molar-refractivity contribution is 5.92. The number of oxazole rings is 1. The number of rotatable bonds is 8. The number of anilines is 1. The van der Waals surface area contributed by atoms with Gasteiger partial charge in [0.25, 0.3) is 5.91 Å². The minimum absolute atomic E-state index is 0.0761. The Labute approximate surface area is 201 Å². The molecule has 3 heterocycles. The van der Waals surface area contributed by atoms with Crippen molar-refractivity contribution < 1.29 is 19.1 Å². The third-order valence-electron chi connectivity index (χ3n) is 6.79. The number of aliphatic hydroxyl groups excluding tert-OH is 1. The molecule has 0 radical (unpaired) electrons. The maximum absolute atomic E-state index is 13.0. The number of methoxy groups -OCH3 is 1. The smallest absolute Gasteiger partial charge is 0.275 e. The molecular formula is C25H37N5O4. The number of ether oxygens (including phenoxy) is 1. The predicted octanol–water partition coefficient (Wildman–Crippen LogP) is 1.78. The molecule has 0 bridgehead atoms. The van der Waals surface area contributed by atoms with Crippen LogP contribution in [0, 0.1) is 5.92 Å². The molecule has 34 heavy (non-hydrogen) atoms. The first-order valence-corrected chi connectivity index (χ1v) is 12.2. The van der Waals surface area contributed by atoms with Crippen LogP contribution in [0.2, 0.25) is 0 Å². The first-order chi connectivity index (χ1) is 16.4. The number of benzene rings is 1. The van der Waals surface area contributed by atoms with Gasteiger partial charge in [0, 0.05) is 70.7 Å². The van der Waals surface area contributed by atoms with Crippen LogP contribution in [0.1, 0.15) is 30.2 Å². The van der Waals surface area contributed by atoms with Crippen molar-refractivity contribution in [1.29, 1.82) is 0 Å². The maximum Gasteiger partial charge on any atom is 0.275 e. The highest BCUT2D eigenvalue weighted by Gasteiger charge is 2.26. The maximum atomic E-state index is 13.0. The van der Waals surface area contributed by atoms with Crippen LogP contribution in [0.25, 0.3) is 0 Å². The van der Waals surface area contributed by atoms with Crippen molar-refractivity contribution in [2.24, 2.45) is 5.92 Å². The zero-order chi connectivity index (χ0) is 24.1. The molecular weight excluding hydrogens is 434 g/mol. The van der Waals surface area contributed by atoms with E-state index in [2.05, 4.69) is 25.8 Å². The largest absolute Gasteiger partial charge is 0.497 e. The predicted molar refractivity (Wildman–Crippen MR) is 130 cm³/mol. The number of nitrogens with zero attached hydrogens (tertiary/aromatic N) is 5. The summed E-state index contributed by atoms with van der Waals surface area (Å²) in [6, 6.07) is 8.00. The Morgan fingerprint density at radius 1 is 1.09 bits per heavy atom. The molecule has 2 fully saturated rings. The summed E-state index contributed by atoms with van der Waals surface area (Å²) in [4.78, 5) is 26.2. The quantitative estimate of drug-likeness (QED) is 0.624. The normalized spacial score (nSPS) is 19.0. The molecule has 0 saturated carbocycles. The summed E-state index contributed by atoms with van der Waals surface area (Å²) in [6.07, 6.45) is 1.20. The summed E-state index contributed by atoms with van der Waals surface area (Å²) >= 11 is 0. The summed E-state index contributed by atoms with van der Waals surface area (Å²) in [5, 5.41) is 10.1. The van der Waals surface area contributed by atoms with E-state index in [4.69, 9.17) is 9.15 Å². The SMILES string of the molecule is COc1cccc(N2CCN(C(=O)c3coc(CN4CCN(CC(O)C(C)C)CC4)n3)CC2)c1. The van der Waals surface area contributed by atoms with E-state index in [0.717, 1.165) is 50.7 Å². The lowest BCUT2D eigenvalue weighted by Crippen LogP contribution is -2.49. The molecule has 1 N–H and O–H groups in total. The first-order valence-electron chi connectivity index (χ1n) is 12.2. The lowest BCUT2D eigenvalue weighted by Gasteiger charge is -2.36. The molecule has 2 aromatic rings. The van der Waals surface area contributed by atoms with E-state index in [9.17, 15) is 9.90 Å². The molecule has 1 atom stereocenters. The highest BCUT2D eigenvalue weighted by Crippen LogP contribution is 2.22. The van der Waals surface area contributed by atoms with Crippen LogP contribution in [-0.2, 0) is 6.54 Å². The molecule has 2 saturated heterocycles. The minimum Gasteiger partial charge on any atom is -0.497 e. The minimum atomic E-state index is -0.288. The standard InChI is InChI=1S/C25H37N5O4/c1-19(2)23(31)16-27-7-9-28(10-8-27)17-24-26-22(18-34-24)25(32)30-13-11-29(12-14-30)20-5-4-6-21(15-20)33-3/h4-6,15,18-19,23,31H,7-14,16-17H2,1-3H3. The number of carbonyl (C=O) groups excluding carboxylic acids is 1. The van der Waals surface area contributed by atoms with Gasteiger partial charge < -0.3 is 24.1 Å². The van der Waals surface area contributed by atoms with Crippen LogP contribution in [0.4, 0.5) is 5.69 Å². The number of piperazine rings is 2. The van der Waals surface area contributed by atoms with Crippen LogP contribution in [0.3, 0.4) is 0 Å². The van der Waals surface area contributed by atoms with E-state index in [-0.39, 0.29) is 17.9 Å². The van der Waals surface area contributed by atoms with E-state index >= 15 is 0 Å². The number of aromatic nitrogens is 1. The van der Waals surface area contributed by atoms with Crippen molar-refractivity contribution in [2.75, 3.05) is 70.9 Å². The highest BCUT2D eigenvalue weighted by atomic mass is 16.5. The topological polar surface area (TPSA) is 85.5 Å². The van der Waals surface area contributed by atoms with Crippen LogP contribution in [0.5, 0.6) is 5.75 Å². The van der Waals surface area contributed by atoms with Crippen LogP contribution < -0.4 is 9.64 Å². The molecule has 9 nitrogen and oxygen atoms in total. The van der Waals surface area contributed by atoms with Gasteiger partial charge in [-0.05, 0) is 18.1 Å². The second kappa shape index (κ2) is 11.2. The summed E-state index contributed by atoms with van der Waals surface area (Å²) in [5.41, 5.74) is 1.48. The summed E-state index contributed by atoms with van der Waals surface area (Å²) in [6.45, 7) is 11.8. The zero-order valence-electron chi connectivity index (χ0n) is 20.5. The Morgan fingerprint density at radius 2 is 1.79 bits per heavy atom. The average molecular weight is 472 g/mol.